The van der Waals surface area contributed by atoms with Gasteiger partial charge in [-0.3, -0.25) is 0 Å². The van der Waals surface area contributed by atoms with Gasteiger partial charge in [0.2, 0.25) is 17.8 Å². The molecule has 108 valence electrons. The van der Waals surface area contributed by atoms with Crippen LogP contribution in [0.15, 0.2) is 10.6 Å². The molecule has 8 heteroatoms. The second-order valence-electron chi connectivity index (χ2n) is 4.49. The first kappa shape index (κ1) is 14.0. The van der Waals surface area contributed by atoms with E-state index in [1.807, 2.05) is 38.9 Å². The highest BCUT2D eigenvalue weighted by Crippen LogP contribution is 2.12. The van der Waals surface area contributed by atoms with E-state index in [2.05, 4.69) is 30.7 Å². The molecule has 0 spiro atoms. The zero-order valence-corrected chi connectivity index (χ0v) is 12.1. The number of anilines is 3. The van der Waals surface area contributed by atoms with Crippen molar-refractivity contribution in [2.45, 2.75) is 20.4 Å². The zero-order valence-electron chi connectivity index (χ0n) is 12.1. The van der Waals surface area contributed by atoms with Crippen molar-refractivity contribution in [3.63, 3.8) is 0 Å². The highest BCUT2D eigenvalue weighted by atomic mass is 16.5. The Morgan fingerprint density at radius 1 is 1.15 bits per heavy atom. The Morgan fingerprint density at radius 2 is 1.85 bits per heavy atom. The fourth-order valence-electron chi connectivity index (χ4n) is 1.55. The number of hydrogen-bond donors (Lipinski definition) is 2. The van der Waals surface area contributed by atoms with Crippen molar-refractivity contribution in [3.05, 3.63) is 17.5 Å². The minimum absolute atomic E-state index is 0.500. The Hall–Kier alpha value is -2.38. The lowest BCUT2D eigenvalue weighted by atomic mass is 10.4. The molecule has 0 aliphatic carbocycles. The van der Waals surface area contributed by atoms with E-state index in [0.717, 1.165) is 18.0 Å². The van der Waals surface area contributed by atoms with Gasteiger partial charge < -0.3 is 20.1 Å². The predicted molar refractivity (Wildman–Crippen MR) is 76.9 cm³/mol. The minimum atomic E-state index is 0.500. The van der Waals surface area contributed by atoms with Crippen LogP contribution in [-0.4, -0.2) is 40.7 Å². The molecule has 0 radical (unpaired) electrons. The Morgan fingerprint density at radius 3 is 2.40 bits per heavy atom. The standard InChI is InChI=1S/C12H19N7O/c1-5-13-10-15-11(17-12(16-10)19(3)4)14-7-9-6-8(2)20-18-9/h6H,5,7H2,1-4H3,(H2,13,14,15,16,17). The van der Waals surface area contributed by atoms with Gasteiger partial charge in [0.15, 0.2) is 0 Å². The van der Waals surface area contributed by atoms with Crippen molar-refractivity contribution in [2.75, 3.05) is 36.2 Å². The van der Waals surface area contributed by atoms with Crippen LogP contribution in [0, 0.1) is 6.92 Å². The molecule has 0 aliphatic heterocycles. The van der Waals surface area contributed by atoms with Crippen LogP contribution < -0.4 is 15.5 Å². The van der Waals surface area contributed by atoms with Crippen LogP contribution in [0.5, 0.6) is 0 Å². The summed E-state index contributed by atoms with van der Waals surface area (Å²) in [5.74, 6) is 2.42. The molecule has 20 heavy (non-hydrogen) atoms. The van der Waals surface area contributed by atoms with Crippen LogP contribution in [0.3, 0.4) is 0 Å². The Kier molecular flexibility index (Phi) is 4.34. The molecule has 0 aliphatic rings. The monoisotopic (exact) mass is 277 g/mol. The average Bonchev–Trinajstić information content (AvgIpc) is 2.82. The average molecular weight is 277 g/mol. The largest absolute Gasteiger partial charge is 0.361 e. The van der Waals surface area contributed by atoms with E-state index in [1.54, 1.807) is 0 Å². The third kappa shape index (κ3) is 3.56. The van der Waals surface area contributed by atoms with Gasteiger partial charge in [-0.15, -0.1) is 0 Å². The highest BCUT2D eigenvalue weighted by molar-refractivity contribution is 5.43. The van der Waals surface area contributed by atoms with E-state index in [9.17, 15) is 0 Å². The lowest BCUT2D eigenvalue weighted by molar-refractivity contribution is 0.391. The first-order chi connectivity index (χ1) is 9.58. The molecule has 0 saturated carbocycles. The topological polar surface area (TPSA) is 92.0 Å². The fraction of sp³-hybridized carbons (Fsp3) is 0.500. The number of nitrogens with one attached hydrogen (secondary N) is 2. The molecule has 0 aromatic carbocycles. The number of nitrogens with zero attached hydrogens (tertiary/aromatic N) is 5. The van der Waals surface area contributed by atoms with Crippen molar-refractivity contribution in [3.8, 4) is 0 Å². The van der Waals surface area contributed by atoms with Gasteiger partial charge in [-0.05, 0) is 13.8 Å². The van der Waals surface area contributed by atoms with E-state index in [4.69, 9.17) is 4.52 Å². The summed E-state index contributed by atoms with van der Waals surface area (Å²) in [6.45, 7) is 5.09. The first-order valence-electron chi connectivity index (χ1n) is 6.42. The van der Waals surface area contributed by atoms with Crippen LogP contribution in [0.25, 0.3) is 0 Å². The van der Waals surface area contributed by atoms with Crippen LogP contribution in [0.4, 0.5) is 17.8 Å². The number of hydrogen-bond acceptors (Lipinski definition) is 8. The van der Waals surface area contributed by atoms with Crippen molar-refractivity contribution in [1.29, 1.82) is 0 Å². The molecule has 0 saturated heterocycles. The molecule has 0 unspecified atom stereocenters. The van der Waals surface area contributed by atoms with Gasteiger partial charge in [-0.1, -0.05) is 5.16 Å². The molecule has 0 bridgehead atoms. The molecule has 2 aromatic rings. The number of aryl methyl sites for hydroxylation is 1. The van der Waals surface area contributed by atoms with Gasteiger partial charge in [0.25, 0.3) is 0 Å². The van der Waals surface area contributed by atoms with Crippen molar-refractivity contribution in [1.82, 2.24) is 20.1 Å². The number of rotatable bonds is 6. The van der Waals surface area contributed by atoms with E-state index in [0.29, 0.717) is 24.4 Å². The summed E-state index contributed by atoms with van der Waals surface area (Å²) in [6, 6.07) is 1.87. The van der Waals surface area contributed by atoms with Crippen LogP contribution in [0.1, 0.15) is 18.4 Å². The molecule has 8 nitrogen and oxygen atoms in total. The maximum atomic E-state index is 5.01. The fourth-order valence-corrected chi connectivity index (χ4v) is 1.55. The van der Waals surface area contributed by atoms with Crippen molar-refractivity contribution < 1.29 is 4.52 Å². The normalized spacial score (nSPS) is 10.4. The van der Waals surface area contributed by atoms with E-state index in [-0.39, 0.29) is 0 Å². The van der Waals surface area contributed by atoms with Gasteiger partial charge in [0, 0.05) is 26.7 Å². The minimum Gasteiger partial charge on any atom is -0.361 e. The van der Waals surface area contributed by atoms with Crippen LogP contribution in [-0.2, 0) is 6.54 Å². The Balaban J connectivity index is 2.13. The van der Waals surface area contributed by atoms with E-state index < -0.39 is 0 Å². The van der Waals surface area contributed by atoms with Gasteiger partial charge in [0.1, 0.15) is 11.5 Å². The lowest BCUT2D eigenvalue weighted by Gasteiger charge is -2.13. The summed E-state index contributed by atoms with van der Waals surface area (Å²) in [7, 11) is 3.77. The molecule has 2 N–H and O–H groups in total. The smallest absolute Gasteiger partial charge is 0.231 e. The van der Waals surface area contributed by atoms with Gasteiger partial charge in [-0.2, -0.15) is 15.0 Å². The summed E-state index contributed by atoms with van der Waals surface area (Å²) in [4.78, 5) is 14.8. The van der Waals surface area contributed by atoms with Gasteiger partial charge in [0.05, 0.1) is 6.54 Å². The molecule has 0 amide bonds. The molecule has 0 atom stereocenters. The molecule has 0 fully saturated rings. The Labute approximate surface area is 117 Å². The Bertz CT molecular complexity index is 567. The van der Waals surface area contributed by atoms with Crippen molar-refractivity contribution in [2.24, 2.45) is 0 Å². The van der Waals surface area contributed by atoms with Crippen molar-refractivity contribution >= 4 is 17.8 Å². The third-order valence-electron chi connectivity index (χ3n) is 2.46. The zero-order chi connectivity index (χ0) is 14.5. The first-order valence-corrected chi connectivity index (χ1v) is 6.42. The lowest BCUT2D eigenvalue weighted by Crippen LogP contribution is -2.17. The van der Waals surface area contributed by atoms with Crippen LogP contribution >= 0.6 is 0 Å². The SMILES string of the molecule is CCNc1nc(NCc2cc(C)on2)nc(N(C)C)n1. The summed E-state index contributed by atoms with van der Waals surface area (Å²) in [5.41, 5.74) is 0.805. The molecule has 2 heterocycles. The number of aromatic nitrogens is 4. The summed E-state index contributed by atoms with van der Waals surface area (Å²) in [5, 5.41) is 10.1. The van der Waals surface area contributed by atoms with E-state index >= 15 is 0 Å². The predicted octanol–water partition coefficient (Wildman–Crippen LogP) is 1.28. The molecular weight excluding hydrogens is 258 g/mol. The highest BCUT2D eigenvalue weighted by Gasteiger charge is 2.08. The third-order valence-corrected chi connectivity index (χ3v) is 2.46. The second kappa shape index (κ2) is 6.18. The van der Waals surface area contributed by atoms with Gasteiger partial charge >= 0.3 is 0 Å². The van der Waals surface area contributed by atoms with Gasteiger partial charge in [-0.25, -0.2) is 0 Å². The summed E-state index contributed by atoms with van der Waals surface area (Å²) >= 11 is 0. The van der Waals surface area contributed by atoms with E-state index in [1.165, 1.54) is 0 Å². The maximum absolute atomic E-state index is 5.01. The molecule has 2 rings (SSSR count). The quantitative estimate of drug-likeness (QED) is 0.815. The summed E-state index contributed by atoms with van der Waals surface area (Å²) in [6.07, 6.45) is 0. The molecular formula is C12H19N7O. The van der Waals surface area contributed by atoms with Crippen LogP contribution in [0.2, 0.25) is 0 Å². The summed E-state index contributed by atoms with van der Waals surface area (Å²) < 4.78 is 5.01. The maximum Gasteiger partial charge on any atom is 0.231 e. The molecule has 2 aromatic heterocycles. The second-order valence-corrected chi connectivity index (χ2v) is 4.49.